The molecule has 4 rings (SSSR count). The number of benzene rings is 2. The monoisotopic (exact) mass is 350 g/mol. The maximum absolute atomic E-state index is 12.1. The van der Waals surface area contributed by atoms with Gasteiger partial charge in [-0.25, -0.2) is 9.78 Å². The van der Waals surface area contributed by atoms with Crippen LogP contribution in [0.15, 0.2) is 48.5 Å². The first-order chi connectivity index (χ1) is 12.6. The minimum atomic E-state index is -0.655. The lowest BCUT2D eigenvalue weighted by Crippen LogP contribution is -2.45. The van der Waals surface area contributed by atoms with Gasteiger partial charge < -0.3 is 20.4 Å². The Bertz CT molecular complexity index is 931. The van der Waals surface area contributed by atoms with Gasteiger partial charge in [0.2, 0.25) is 5.91 Å². The summed E-state index contributed by atoms with van der Waals surface area (Å²) in [4.78, 5) is 31.2. The Hall–Kier alpha value is -3.35. The summed E-state index contributed by atoms with van der Waals surface area (Å²) in [5.41, 5.74) is 3.85. The molecule has 7 heteroatoms. The van der Waals surface area contributed by atoms with Gasteiger partial charge in [-0.05, 0) is 24.6 Å². The second kappa shape index (κ2) is 6.51. The highest BCUT2D eigenvalue weighted by atomic mass is 16.6. The van der Waals surface area contributed by atoms with Crippen LogP contribution in [0.2, 0.25) is 0 Å². The van der Waals surface area contributed by atoms with Crippen LogP contribution in [-0.2, 0) is 16.1 Å². The van der Waals surface area contributed by atoms with E-state index < -0.39 is 18.2 Å². The number of alkyl carbamates (subject to hydrolysis) is 1. The Morgan fingerprint density at radius 1 is 1.19 bits per heavy atom. The number of nitrogens with zero attached hydrogens (tertiary/aromatic N) is 1. The number of imidazole rings is 1. The smallest absolute Gasteiger partial charge is 0.408 e. The van der Waals surface area contributed by atoms with Crippen LogP contribution in [0.25, 0.3) is 22.4 Å². The first kappa shape index (κ1) is 16.1. The van der Waals surface area contributed by atoms with Crippen LogP contribution in [-0.4, -0.2) is 34.1 Å². The number of carbonyl (C=O) groups is 2. The summed E-state index contributed by atoms with van der Waals surface area (Å²) >= 11 is 0. The lowest BCUT2D eigenvalue weighted by Gasteiger charge is -2.13. The molecule has 1 aliphatic heterocycles. The maximum atomic E-state index is 12.1. The number of aromatic nitrogens is 2. The van der Waals surface area contributed by atoms with Gasteiger partial charge in [0.1, 0.15) is 18.0 Å². The van der Waals surface area contributed by atoms with Crippen LogP contribution in [0.5, 0.6) is 0 Å². The van der Waals surface area contributed by atoms with Crippen molar-refractivity contribution in [1.82, 2.24) is 20.6 Å². The molecule has 1 fully saturated rings. The Labute approximate surface area is 149 Å². The van der Waals surface area contributed by atoms with Gasteiger partial charge in [0.05, 0.1) is 11.0 Å². The van der Waals surface area contributed by atoms with E-state index in [0.29, 0.717) is 6.54 Å². The number of cyclic esters (lactones) is 1. The molecular formula is C19H18N4O3. The van der Waals surface area contributed by atoms with E-state index in [9.17, 15) is 9.59 Å². The number of aromatic amines is 1. The average Bonchev–Trinajstić information content (AvgIpc) is 3.22. The summed E-state index contributed by atoms with van der Waals surface area (Å²) in [6.45, 7) is 2.06. The van der Waals surface area contributed by atoms with Gasteiger partial charge in [0.15, 0.2) is 0 Å². The van der Waals surface area contributed by atoms with E-state index in [1.54, 1.807) is 6.92 Å². The van der Waals surface area contributed by atoms with E-state index in [1.807, 2.05) is 48.5 Å². The number of carbonyl (C=O) groups excluding carboxylic acids is 2. The van der Waals surface area contributed by atoms with Crippen molar-refractivity contribution in [2.45, 2.75) is 25.6 Å². The molecule has 0 saturated carbocycles. The molecule has 7 nitrogen and oxygen atoms in total. The van der Waals surface area contributed by atoms with E-state index >= 15 is 0 Å². The zero-order valence-corrected chi connectivity index (χ0v) is 14.2. The second-order valence-corrected chi connectivity index (χ2v) is 6.25. The molecule has 0 bridgehead atoms. The van der Waals surface area contributed by atoms with Gasteiger partial charge in [-0.2, -0.15) is 0 Å². The summed E-state index contributed by atoms with van der Waals surface area (Å²) in [5, 5.41) is 5.31. The van der Waals surface area contributed by atoms with Crippen molar-refractivity contribution in [2.75, 3.05) is 0 Å². The molecular weight excluding hydrogens is 332 g/mol. The van der Waals surface area contributed by atoms with Crippen LogP contribution in [0.3, 0.4) is 0 Å². The summed E-state index contributed by atoms with van der Waals surface area (Å²) < 4.78 is 4.92. The number of para-hydroxylation sites is 2. The van der Waals surface area contributed by atoms with Gasteiger partial charge in [-0.15, -0.1) is 0 Å². The van der Waals surface area contributed by atoms with Gasteiger partial charge in [-0.1, -0.05) is 36.4 Å². The Balaban J connectivity index is 1.41. The third-order valence-electron chi connectivity index (χ3n) is 4.40. The van der Waals surface area contributed by atoms with Crippen molar-refractivity contribution in [2.24, 2.45) is 0 Å². The Kier molecular flexibility index (Phi) is 4.04. The molecule has 132 valence electrons. The lowest BCUT2D eigenvalue weighted by atomic mass is 10.1. The average molecular weight is 350 g/mol. The van der Waals surface area contributed by atoms with Crippen molar-refractivity contribution >= 4 is 23.0 Å². The minimum Gasteiger partial charge on any atom is -0.444 e. The topological polar surface area (TPSA) is 96.1 Å². The molecule has 26 heavy (non-hydrogen) atoms. The number of hydrogen-bond acceptors (Lipinski definition) is 4. The van der Waals surface area contributed by atoms with Gasteiger partial charge in [-0.3, -0.25) is 4.79 Å². The molecule has 3 N–H and O–H groups in total. The Morgan fingerprint density at radius 2 is 1.96 bits per heavy atom. The van der Waals surface area contributed by atoms with E-state index in [-0.39, 0.29) is 5.91 Å². The van der Waals surface area contributed by atoms with Crippen LogP contribution in [0.1, 0.15) is 12.5 Å². The fraction of sp³-hybridized carbons (Fsp3) is 0.211. The maximum Gasteiger partial charge on any atom is 0.408 e. The predicted molar refractivity (Wildman–Crippen MR) is 96.2 cm³/mol. The van der Waals surface area contributed by atoms with E-state index in [1.165, 1.54) is 0 Å². The van der Waals surface area contributed by atoms with Crippen LogP contribution in [0.4, 0.5) is 4.79 Å². The third-order valence-corrected chi connectivity index (χ3v) is 4.40. The van der Waals surface area contributed by atoms with Crippen LogP contribution < -0.4 is 10.6 Å². The van der Waals surface area contributed by atoms with E-state index in [0.717, 1.165) is 28.0 Å². The highest BCUT2D eigenvalue weighted by Gasteiger charge is 2.35. The molecule has 0 spiro atoms. The minimum absolute atomic E-state index is 0.260. The molecule has 2 heterocycles. The first-order valence-electron chi connectivity index (χ1n) is 8.39. The zero-order chi connectivity index (χ0) is 18.1. The highest BCUT2D eigenvalue weighted by Crippen LogP contribution is 2.20. The summed E-state index contributed by atoms with van der Waals surface area (Å²) in [5.74, 6) is 0.547. The second-order valence-electron chi connectivity index (χ2n) is 6.25. The largest absolute Gasteiger partial charge is 0.444 e. The molecule has 1 aromatic heterocycles. The van der Waals surface area contributed by atoms with Crippen molar-refractivity contribution in [3.05, 3.63) is 54.1 Å². The molecule has 0 radical (unpaired) electrons. The molecule has 3 aromatic rings. The number of ether oxygens (including phenoxy) is 1. The lowest BCUT2D eigenvalue weighted by molar-refractivity contribution is -0.123. The number of rotatable bonds is 4. The summed E-state index contributed by atoms with van der Waals surface area (Å²) in [7, 11) is 0. The quantitative estimate of drug-likeness (QED) is 0.673. The fourth-order valence-electron chi connectivity index (χ4n) is 2.96. The van der Waals surface area contributed by atoms with Gasteiger partial charge in [0.25, 0.3) is 0 Å². The number of nitrogens with one attached hydrogen (secondary N) is 3. The van der Waals surface area contributed by atoms with Crippen molar-refractivity contribution < 1.29 is 14.3 Å². The number of amides is 2. The van der Waals surface area contributed by atoms with Crippen LogP contribution in [0, 0.1) is 0 Å². The zero-order valence-electron chi connectivity index (χ0n) is 14.2. The summed E-state index contributed by atoms with van der Waals surface area (Å²) in [6.07, 6.45) is -1.04. The SMILES string of the molecule is CC1OC(=O)NC1C(=O)NCc1ccc(-c2nc3ccccc3[nH]2)cc1. The standard InChI is InChI=1S/C19H18N4O3/c1-11-16(23-19(25)26-11)18(24)20-10-12-6-8-13(9-7-12)17-21-14-4-2-3-5-15(14)22-17/h2-9,11,16H,10H2,1H3,(H,20,24)(H,21,22)(H,23,25). The van der Waals surface area contributed by atoms with Crippen LogP contribution >= 0.6 is 0 Å². The van der Waals surface area contributed by atoms with Crippen molar-refractivity contribution in [1.29, 1.82) is 0 Å². The van der Waals surface area contributed by atoms with Gasteiger partial charge >= 0.3 is 6.09 Å². The molecule has 1 saturated heterocycles. The van der Waals surface area contributed by atoms with E-state index in [4.69, 9.17) is 4.74 Å². The van der Waals surface area contributed by atoms with Crippen molar-refractivity contribution in [3.8, 4) is 11.4 Å². The van der Waals surface area contributed by atoms with Gasteiger partial charge in [0, 0.05) is 12.1 Å². The number of fused-ring (bicyclic) bond motifs is 1. The molecule has 0 aliphatic carbocycles. The fourth-order valence-corrected chi connectivity index (χ4v) is 2.96. The third kappa shape index (κ3) is 3.11. The molecule has 2 aromatic carbocycles. The molecule has 2 unspecified atom stereocenters. The normalized spacial score (nSPS) is 19.2. The summed E-state index contributed by atoms with van der Waals surface area (Å²) in [6, 6.07) is 15.0. The molecule has 2 amide bonds. The number of H-pyrrole nitrogens is 1. The highest BCUT2D eigenvalue weighted by molar-refractivity contribution is 5.88. The molecule has 1 aliphatic rings. The van der Waals surface area contributed by atoms with E-state index in [2.05, 4.69) is 20.6 Å². The molecule has 2 atom stereocenters. The Morgan fingerprint density at radius 3 is 2.65 bits per heavy atom. The van der Waals surface area contributed by atoms with Crippen molar-refractivity contribution in [3.63, 3.8) is 0 Å². The first-order valence-corrected chi connectivity index (χ1v) is 8.39. The predicted octanol–water partition coefficient (Wildman–Crippen LogP) is 2.34. The number of hydrogen-bond donors (Lipinski definition) is 3.